The van der Waals surface area contributed by atoms with E-state index in [1.807, 2.05) is 0 Å². The monoisotopic (exact) mass is 314 g/mol. The van der Waals surface area contributed by atoms with Crippen LogP contribution in [0, 0.1) is 6.92 Å². The molecule has 2 nitrogen and oxygen atoms in total. The summed E-state index contributed by atoms with van der Waals surface area (Å²) in [5, 5.41) is 0. The van der Waals surface area contributed by atoms with Gasteiger partial charge in [0.05, 0.1) is 7.11 Å². The summed E-state index contributed by atoms with van der Waals surface area (Å²) in [5.41, 5.74) is -4.37. The Morgan fingerprint density at radius 2 is 1.91 bits per heavy atom. The van der Waals surface area contributed by atoms with Crippen LogP contribution in [0.1, 0.15) is 18.1 Å². The fourth-order valence-electron chi connectivity index (χ4n) is 2.43. The van der Waals surface area contributed by atoms with Gasteiger partial charge in [0.25, 0.3) is 0 Å². The van der Waals surface area contributed by atoms with Gasteiger partial charge in [0.1, 0.15) is 5.57 Å². The van der Waals surface area contributed by atoms with Crippen LogP contribution in [0.15, 0.2) is 41.5 Å². The average Bonchev–Trinajstić information content (AvgIpc) is 2.45. The van der Waals surface area contributed by atoms with Crippen LogP contribution in [0.2, 0.25) is 0 Å². The zero-order valence-corrected chi connectivity index (χ0v) is 12.2. The summed E-state index contributed by atoms with van der Waals surface area (Å²) in [5.74, 6) is -4.76. The summed E-state index contributed by atoms with van der Waals surface area (Å²) in [6, 6.07) is 5.96. The molecule has 1 aromatic rings. The first kappa shape index (κ1) is 16.3. The summed E-state index contributed by atoms with van der Waals surface area (Å²) >= 11 is 0. The van der Waals surface area contributed by atoms with E-state index >= 15 is 0 Å². The van der Waals surface area contributed by atoms with E-state index in [4.69, 9.17) is 0 Å². The molecule has 6 heteroatoms. The molecule has 2 rings (SSSR count). The van der Waals surface area contributed by atoms with Crippen molar-refractivity contribution in [3.05, 3.63) is 52.6 Å². The van der Waals surface area contributed by atoms with Gasteiger partial charge < -0.3 is 4.74 Å². The molecule has 0 N–H and O–H groups in total. The maximum Gasteiger partial charge on any atom is 0.340 e. The van der Waals surface area contributed by atoms with E-state index in [1.165, 1.54) is 18.2 Å². The van der Waals surface area contributed by atoms with Crippen LogP contribution in [0.3, 0.4) is 0 Å². The van der Waals surface area contributed by atoms with Crippen LogP contribution in [0.4, 0.5) is 17.6 Å². The number of esters is 1. The van der Waals surface area contributed by atoms with Crippen molar-refractivity contribution in [3.8, 4) is 0 Å². The van der Waals surface area contributed by atoms with Crippen molar-refractivity contribution in [3.63, 3.8) is 0 Å². The topological polar surface area (TPSA) is 26.3 Å². The van der Waals surface area contributed by atoms with Crippen LogP contribution in [-0.4, -0.2) is 24.9 Å². The highest BCUT2D eigenvalue weighted by molar-refractivity contribution is 5.95. The molecule has 0 fully saturated rings. The van der Waals surface area contributed by atoms with Crippen molar-refractivity contribution < 1.29 is 27.1 Å². The highest BCUT2D eigenvalue weighted by Gasteiger charge is 2.52. The third-order valence-corrected chi connectivity index (χ3v) is 3.59. The first-order valence-corrected chi connectivity index (χ1v) is 6.50. The molecule has 2 unspecified atom stereocenters. The van der Waals surface area contributed by atoms with E-state index < -0.39 is 40.6 Å². The molecule has 0 saturated carbocycles. The number of rotatable bonds is 2. The summed E-state index contributed by atoms with van der Waals surface area (Å²) in [6.07, 6.45) is -2.54. The normalized spacial score (nSPS) is 25.5. The van der Waals surface area contributed by atoms with Crippen molar-refractivity contribution >= 4 is 11.5 Å². The van der Waals surface area contributed by atoms with Gasteiger partial charge in [-0.25, -0.2) is 22.4 Å². The van der Waals surface area contributed by atoms with Crippen molar-refractivity contribution in [2.24, 2.45) is 0 Å². The third kappa shape index (κ3) is 2.42. The smallest absolute Gasteiger partial charge is 0.340 e. The second-order valence-corrected chi connectivity index (χ2v) is 5.22. The molecule has 0 spiro atoms. The van der Waals surface area contributed by atoms with Gasteiger partial charge in [-0.3, -0.25) is 0 Å². The number of halogens is 4. The van der Waals surface area contributed by atoms with Crippen LogP contribution in [0.25, 0.3) is 5.57 Å². The number of allylic oxidation sites excluding steroid dienone is 3. The lowest BCUT2D eigenvalue weighted by Crippen LogP contribution is -2.41. The fourth-order valence-corrected chi connectivity index (χ4v) is 2.43. The Morgan fingerprint density at radius 1 is 1.27 bits per heavy atom. The van der Waals surface area contributed by atoms with E-state index in [0.717, 1.165) is 7.11 Å². The number of aryl methyl sites for hydroxylation is 1. The molecular weight excluding hydrogens is 300 g/mol. The van der Waals surface area contributed by atoms with Crippen molar-refractivity contribution in [2.75, 3.05) is 7.11 Å². The minimum absolute atomic E-state index is 0.0212. The Hall–Kier alpha value is -2.11. The summed E-state index contributed by atoms with van der Waals surface area (Å²) in [6.45, 7) is 2.37. The first-order chi connectivity index (χ1) is 10.2. The SMILES string of the molecule is COC(=O)C1=C(F)C(F)=C(c2cccc(C)c2)C(F)C1(C)F. The second kappa shape index (κ2) is 5.59. The number of alkyl halides is 2. The molecule has 0 aliphatic heterocycles. The lowest BCUT2D eigenvalue weighted by Gasteiger charge is -2.32. The quantitative estimate of drug-likeness (QED) is 0.605. The van der Waals surface area contributed by atoms with Crippen molar-refractivity contribution in [1.82, 2.24) is 0 Å². The summed E-state index contributed by atoms with van der Waals surface area (Å²) in [4.78, 5) is 11.5. The molecule has 0 aromatic heterocycles. The molecule has 1 aliphatic carbocycles. The van der Waals surface area contributed by atoms with E-state index in [2.05, 4.69) is 4.74 Å². The number of hydrogen-bond acceptors (Lipinski definition) is 2. The van der Waals surface area contributed by atoms with Gasteiger partial charge >= 0.3 is 5.97 Å². The van der Waals surface area contributed by atoms with E-state index in [9.17, 15) is 22.4 Å². The molecule has 0 amide bonds. The number of ether oxygens (including phenoxy) is 1. The Morgan fingerprint density at radius 3 is 2.45 bits per heavy atom. The standard InChI is InChI=1S/C16H14F4O2/c1-8-5-4-6-9(7-8)10-12(17)13(18)11(15(21)22-3)16(2,20)14(10)19/h4-7,14H,1-3H3. The van der Waals surface area contributed by atoms with Gasteiger partial charge in [-0.15, -0.1) is 0 Å². The van der Waals surface area contributed by atoms with Gasteiger partial charge in [0, 0.05) is 5.57 Å². The number of hydrogen-bond donors (Lipinski definition) is 0. The molecule has 118 valence electrons. The fraction of sp³-hybridized carbons (Fsp3) is 0.312. The lowest BCUT2D eigenvalue weighted by molar-refractivity contribution is -0.138. The molecule has 1 aliphatic rings. The Kier molecular flexibility index (Phi) is 4.13. The molecule has 22 heavy (non-hydrogen) atoms. The average molecular weight is 314 g/mol. The molecule has 0 radical (unpaired) electrons. The molecule has 2 atom stereocenters. The Bertz CT molecular complexity index is 689. The van der Waals surface area contributed by atoms with Crippen LogP contribution in [0.5, 0.6) is 0 Å². The van der Waals surface area contributed by atoms with E-state index in [1.54, 1.807) is 13.0 Å². The van der Waals surface area contributed by atoms with Gasteiger partial charge in [-0.1, -0.05) is 29.8 Å². The summed E-state index contributed by atoms with van der Waals surface area (Å²) in [7, 11) is 0.879. The second-order valence-electron chi connectivity index (χ2n) is 5.22. The zero-order chi connectivity index (χ0) is 16.7. The van der Waals surface area contributed by atoms with Crippen LogP contribution >= 0.6 is 0 Å². The van der Waals surface area contributed by atoms with Gasteiger partial charge in [0.15, 0.2) is 23.5 Å². The highest BCUT2D eigenvalue weighted by atomic mass is 19.2. The third-order valence-electron chi connectivity index (χ3n) is 3.59. The predicted octanol–water partition coefficient (Wildman–Crippen LogP) is 4.15. The number of carbonyl (C=O) groups is 1. The van der Waals surface area contributed by atoms with Gasteiger partial charge in [-0.2, -0.15) is 0 Å². The minimum atomic E-state index is -3.04. The largest absolute Gasteiger partial charge is 0.465 e. The lowest BCUT2D eigenvalue weighted by atomic mass is 9.80. The van der Waals surface area contributed by atoms with Crippen LogP contribution < -0.4 is 0 Å². The molecular formula is C16H14F4O2. The van der Waals surface area contributed by atoms with Gasteiger partial charge in [-0.05, 0) is 19.4 Å². The first-order valence-electron chi connectivity index (χ1n) is 6.50. The van der Waals surface area contributed by atoms with E-state index in [0.29, 0.717) is 12.5 Å². The number of benzene rings is 1. The molecule has 1 aromatic carbocycles. The van der Waals surface area contributed by atoms with E-state index in [-0.39, 0.29) is 5.56 Å². The highest BCUT2D eigenvalue weighted by Crippen LogP contribution is 2.47. The number of carbonyl (C=O) groups excluding carboxylic acids is 1. The van der Waals surface area contributed by atoms with Crippen molar-refractivity contribution in [2.45, 2.75) is 25.7 Å². The zero-order valence-electron chi connectivity index (χ0n) is 12.2. The maximum atomic E-state index is 14.7. The Labute approximate surface area is 125 Å². The van der Waals surface area contributed by atoms with Gasteiger partial charge in [0.2, 0.25) is 0 Å². The predicted molar refractivity (Wildman–Crippen MR) is 73.8 cm³/mol. The Balaban J connectivity index is 2.72. The number of methoxy groups -OCH3 is 1. The van der Waals surface area contributed by atoms with Crippen molar-refractivity contribution in [1.29, 1.82) is 0 Å². The summed E-state index contributed by atoms with van der Waals surface area (Å²) < 4.78 is 61.8. The maximum absolute atomic E-state index is 14.7. The molecule has 0 saturated heterocycles. The molecule has 0 bridgehead atoms. The minimum Gasteiger partial charge on any atom is -0.465 e. The molecule has 0 heterocycles. The van der Waals surface area contributed by atoms with Crippen LogP contribution in [-0.2, 0) is 9.53 Å².